The van der Waals surface area contributed by atoms with Gasteiger partial charge in [0.2, 0.25) is 5.91 Å². The monoisotopic (exact) mass is 301 g/mol. The number of nitrogens with one attached hydrogen (secondary N) is 1. The second-order valence-electron chi connectivity index (χ2n) is 4.93. The van der Waals surface area contributed by atoms with Gasteiger partial charge >= 0.3 is 0 Å². The normalized spacial score (nSPS) is 10.4. The summed E-state index contributed by atoms with van der Waals surface area (Å²) in [6, 6.07) is 11.5. The van der Waals surface area contributed by atoms with E-state index >= 15 is 0 Å². The Kier molecular flexibility index (Phi) is 5.28. The third-order valence-electron chi connectivity index (χ3n) is 3.24. The number of hydrogen-bond acceptors (Lipinski definition) is 3. The molecule has 0 radical (unpaired) electrons. The molecule has 1 amide bonds. The van der Waals surface area contributed by atoms with Crippen LogP contribution in [0.2, 0.25) is 0 Å². The van der Waals surface area contributed by atoms with Crippen molar-refractivity contribution in [3.05, 3.63) is 51.7 Å². The number of anilines is 1. The summed E-state index contributed by atoms with van der Waals surface area (Å²) >= 11 is 1.47. The minimum absolute atomic E-state index is 0.0320. The Morgan fingerprint density at radius 1 is 1.05 bits per heavy atom. The molecule has 4 heteroatoms. The van der Waals surface area contributed by atoms with Crippen LogP contribution in [-0.4, -0.2) is 11.7 Å². The zero-order valence-electron chi connectivity index (χ0n) is 12.3. The highest BCUT2D eigenvalue weighted by atomic mass is 32.1. The molecule has 110 valence electrons. The van der Waals surface area contributed by atoms with E-state index in [0.29, 0.717) is 0 Å². The zero-order valence-corrected chi connectivity index (χ0v) is 13.1. The van der Waals surface area contributed by atoms with Crippen LogP contribution in [0.25, 0.3) is 0 Å². The summed E-state index contributed by atoms with van der Waals surface area (Å²) in [5.41, 5.74) is 2.01. The molecule has 1 aromatic carbocycles. The molecule has 0 unspecified atom stereocenters. The number of aryl methyl sites for hydroxylation is 2. The Morgan fingerprint density at radius 2 is 1.76 bits per heavy atom. The van der Waals surface area contributed by atoms with Crippen LogP contribution in [0, 0.1) is 6.92 Å². The van der Waals surface area contributed by atoms with Gasteiger partial charge in [-0.1, -0.05) is 19.1 Å². The minimum Gasteiger partial charge on any atom is -0.326 e. The molecule has 0 bridgehead atoms. The van der Waals surface area contributed by atoms with Crippen LogP contribution in [0.5, 0.6) is 0 Å². The number of benzene rings is 1. The van der Waals surface area contributed by atoms with Crippen LogP contribution in [-0.2, 0) is 11.2 Å². The van der Waals surface area contributed by atoms with E-state index in [1.54, 1.807) is 0 Å². The fourth-order valence-corrected chi connectivity index (χ4v) is 2.82. The Bertz CT molecular complexity index is 628. The largest absolute Gasteiger partial charge is 0.326 e. The molecule has 0 saturated heterocycles. The molecule has 2 rings (SSSR count). The highest BCUT2D eigenvalue weighted by Crippen LogP contribution is 2.18. The average molecular weight is 301 g/mol. The number of carbonyl (C=O) groups excluding carboxylic acids is 2. The topological polar surface area (TPSA) is 46.2 Å². The van der Waals surface area contributed by atoms with Crippen LogP contribution in [0.3, 0.4) is 0 Å². The van der Waals surface area contributed by atoms with Gasteiger partial charge in [-0.15, -0.1) is 11.3 Å². The fraction of sp³-hybridized carbons (Fsp3) is 0.294. The number of ketones is 1. The van der Waals surface area contributed by atoms with Crippen LogP contribution in [0.4, 0.5) is 5.69 Å². The maximum absolute atomic E-state index is 11.9. The molecule has 0 atom stereocenters. The van der Waals surface area contributed by atoms with Crippen LogP contribution in [0.1, 0.15) is 39.9 Å². The van der Waals surface area contributed by atoms with Gasteiger partial charge in [-0.25, -0.2) is 0 Å². The summed E-state index contributed by atoms with van der Waals surface area (Å²) in [4.78, 5) is 25.6. The Labute approximate surface area is 129 Å². The van der Waals surface area contributed by atoms with E-state index in [2.05, 4.69) is 12.2 Å². The smallest absolute Gasteiger partial charge is 0.224 e. The summed E-state index contributed by atoms with van der Waals surface area (Å²) in [6.45, 7) is 4.06. The number of thiophene rings is 1. The first-order valence-corrected chi connectivity index (χ1v) is 7.88. The Balaban J connectivity index is 1.82. The molecule has 0 spiro atoms. The van der Waals surface area contributed by atoms with Gasteiger partial charge in [0.05, 0.1) is 4.88 Å². The van der Waals surface area contributed by atoms with Crippen molar-refractivity contribution in [2.24, 2.45) is 0 Å². The quantitative estimate of drug-likeness (QED) is 0.812. The van der Waals surface area contributed by atoms with Crippen molar-refractivity contribution in [3.63, 3.8) is 0 Å². The summed E-state index contributed by atoms with van der Waals surface area (Å²) in [6.07, 6.45) is 1.44. The SMILES string of the molecule is CCc1ccc(NC(=O)CCC(=O)c2ccc(C)s2)cc1. The highest BCUT2D eigenvalue weighted by Gasteiger charge is 2.11. The molecule has 0 fully saturated rings. The second kappa shape index (κ2) is 7.18. The molecule has 0 aliphatic carbocycles. The molecular weight excluding hydrogens is 282 g/mol. The van der Waals surface area contributed by atoms with Gasteiger partial charge in [-0.3, -0.25) is 9.59 Å². The number of hydrogen-bond donors (Lipinski definition) is 1. The molecule has 21 heavy (non-hydrogen) atoms. The van der Waals surface area contributed by atoms with Gasteiger partial charge in [0.15, 0.2) is 5.78 Å². The Hall–Kier alpha value is -1.94. The van der Waals surface area contributed by atoms with Crippen LogP contribution >= 0.6 is 11.3 Å². The fourth-order valence-electron chi connectivity index (χ4n) is 1.98. The van der Waals surface area contributed by atoms with Crippen molar-refractivity contribution < 1.29 is 9.59 Å². The average Bonchev–Trinajstić information content (AvgIpc) is 2.92. The van der Waals surface area contributed by atoms with E-state index in [-0.39, 0.29) is 24.5 Å². The maximum Gasteiger partial charge on any atom is 0.224 e. The molecule has 0 aliphatic heterocycles. The number of carbonyl (C=O) groups is 2. The molecule has 3 nitrogen and oxygen atoms in total. The first-order valence-electron chi connectivity index (χ1n) is 7.07. The zero-order chi connectivity index (χ0) is 15.2. The lowest BCUT2D eigenvalue weighted by Crippen LogP contribution is -2.13. The highest BCUT2D eigenvalue weighted by molar-refractivity contribution is 7.14. The van der Waals surface area contributed by atoms with Gasteiger partial charge < -0.3 is 5.32 Å². The van der Waals surface area contributed by atoms with Gasteiger partial charge in [-0.2, -0.15) is 0 Å². The summed E-state index contributed by atoms with van der Waals surface area (Å²) in [7, 11) is 0. The van der Waals surface area contributed by atoms with Crippen LogP contribution in [0.15, 0.2) is 36.4 Å². The molecule has 1 aromatic heterocycles. The van der Waals surface area contributed by atoms with E-state index in [0.717, 1.165) is 21.9 Å². The maximum atomic E-state index is 11.9. The van der Waals surface area contributed by atoms with Crippen molar-refractivity contribution in [1.29, 1.82) is 0 Å². The summed E-state index contributed by atoms with van der Waals surface area (Å²) < 4.78 is 0. The van der Waals surface area contributed by atoms with E-state index in [4.69, 9.17) is 0 Å². The lowest BCUT2D eigenvalue weighted by atomic mass is 10.1. The lowest BCUT2D eigenvalue weighted by molar-refractivity contribution is -0.116. The molecule has 0 saturated carbocycles. The molecule has 0 aliphatic rings. The summed E-state index contributed by atoms with van der Waals surface area (Å²) in [5, 5.41) is 2.82. The first kappa shape index (κ1) is 15.4. The van der Waals surface area contributed by atoms with Crippen molar-refractivity contribution >= 4 is 28.7 Å². The summed E-state index contributed by atoms with van der Waals surface area (Å²) in [5.74, 6) is -0.0922. The number of rotatable bonds is 6. The van der Waals surface area contributed by atoms with Crippen molar-refractivity contribution in [1.82, 2.24) is 0 Å². The molecule has 1 heterocycles. The molecule has 1 N–H and O–H groups in total. The predicted octanol–water partition coefficient (Wildman–Crippen LogP) is 4.22. The number of amides is 1. The Morgan fingerprint density at radius 3 is 2.33 bits per heavy atom. The van der Waals surface area contributed by atoms with Gasteiger partial charge in [0, 0.05) is 23.4 Å². The standard InChI is InChI=1S/C17H19NO2S/c1-3-13-5-7-14(8-6-13)18-17(20)11-9-15(19)16-10-4-12(2)21-16/h4-8,10H,3,9,11H2,1-2H3,(H,18,20). The van der Waals surface area contributed by atoms with E-state index in [9.17, 15) is 9.59 Å². The predicted molar refractivity (Wildman–Crippen MR) is 87.1 cm³/mol. The van der Waals surface area contributed by atoms with Crippen molar-refractivity contribution in [3.8, 4) is 0 Å². The molecule has 2 aromatic rings. The van der Waals surface area contributed by atoms with Gasteiger partial charge in [0.1, 0.15) is 0 Å². The lowest BCUT2D eigenvalue weighted by Gasteiger charge is -2.05. The van der Waals surface area contributed by atoms with Gasteiger partial charge in [-0.05, 0) is 43.2 Å². The third-order valence-corrected chi connectivity index (χ3v) is 4.28. The van der Waals surface area contributed by atoms with Gasteiger partial charge in [0.25, 0.3) is 0 Å². The van der Waals surface area contributed by atoms with Crippen LogP contribution < -0.4 is 5.32 Å². The molecular formula is C17H19NO2S. The van der Waals surface area contributed by atoms with E-state index in [1.807, 2.05) is 43.3 Å². The minimum atomic E-state index is -0.124. The third kappa shape index (κ3) is 4.53. The second-order valence-corrected chi connectivity index (χ2v) is 6.22. The van der Waals surface area contributed by atoms with E-state index in [1.165, 1.54) is 16.9 Å². The number of Topliss-reactive ketones (excluding diaryl/α,β-unsaturated/α-hetero) is 1. The first-order chi connectivity index (χ1) is 10.1. The van der Waals surface area contributed by atoms with E-state index < -0.39 is 0 Å². The van der Waals surface area contributed by atoms with Crippen molar-refractivity contribution in [2.75, 3.05) is 5.32 Å². The van der Waals surface area contributed by atoms with Crippen molar-refractivity contribution in [2.45, 2.75) is 33.1 Å².